The molecule has 0 bridgehead atoms. The van der Waals surface area contributed by atoms with Crippen LogP contribution in [0, 0.1) is 12.8 Å². The van der Waals surface area contributed by atoms with Crippen LogP contribution in [0.25, 0.3) is 0 Å². The molecular weight excluding hydrogens is 266 g/mol. The van der Waals surface area contributed by atoms with Crippen molar-refractivity contribution in [2.75, 3.05) is 18.4 Å². The summed E-state index contributed by atoms with van der Waals surface area (Å²) in [6.45, 7) is 5.98. The Balaban J connectivity index is 2.29. The van der Waals surface area contributed by atoms with E-state index >= 15 is 0 Å². The Hall–Kier alpha value is -0.610. The number of anilines is 1. The van der Waals surface area contributed by atoms with E-state index in [1.54, 1.807) is 0 Å². The van der Waals surface area contributed by atoms with E-state index in [0.717, 1.165) is 29.8 Å². The van der Waals surface area contributed by atoms with Gasteiger partial charge in [0, 0.05) is 17.2 Å². The number of halogens is 1. The molecule has 0 saturated heterocycles. The molecule has 0 aliphatic carbocycles. The predicted octanol–water partition coefficient (Wildman–Crippen LogP) is 2.94. The van der Waals surface area contributed by atoms with Crippen molar-refractivity contribution in [2.45, 2.75) is 26.7 Å². The maximum atomic E-state index is 5.56. The lowest BCUT2D eigenvalue weighted by molar-refractivity contribution is 0.529. The normalized spacial score (nSPS) is 12.5. The fourth-order valence-electron chi connectivity index (χ4n) is 1.42. The van der Waals surface area contributed by atoms with Crippen LogP contribution in [0.4, 0.5) is 5.82 Å². The standard InChI is InChI=1S/C12H20BrN3/c1-9(7-14)4-3-5-15-12-6-10(2)11(13)8-16-12/h6,8-9H,3-5,7,14H2,1-2H3,(H,15,16). The van der Waals surface area contributed by atoms with Crippen molar-refractivity contribution >= 4 is 21.7 Å². The predicted molar refractivity (Wildman–Crippen MR) is 72.6 cm³/mol. The summed E-state index contributed by atoms with van der Waals surface area (Å²) in [4.78, 5) is 4.29. The van der Waals surface area contributed by atoms with Crippen LogP contribution in [-0.2, 0) is 0 Å². The molecule has 0 amide bonds. The monoisotopic (exact) mass is 285 g/mol. The average Bonchev–Trinajstić information content (AvgIpc) is 2.28. The Kier molecular flexibility index (Phi) is 5.77. The smallest absolute Gasteiger partial charge is 0.126 e. The molecule has 0 aliphatic rings. The van der Waals surface area contributed by atoms with Gasteiger partial charge in [-0.1, -0.05) is 6.92 Å². The molecule has 1 heterocycles. The summed E-state index contributed by atoms with van der Waals surface area (Å²) in [6, 6.07) is 2.05. The summed E-state index contributed by atoms with van der Waals surface area (Å²) in [5.41, 5.74) is 6.77. The van der Waals surface area contributed by atoms with Gasteiger partial charge in [0.05, 0.1) is 0 Å². The third kappa shape index (κ3) is 4.49. The molecular formula is C12H20BrN3. The van der Waals surface area contributed by atoms with Crippen LogP contribution < -0.4 is 11.1 Å². The first kappa shape index (κ1) is 13.5. The van der Waals surface area contributed by atoms with E-state index < -0.39 is 0 Å². The second-order valence-electron chi connectivity index (χ2n) is 4.23. The second-order valence-corrected chi connectivity index (χ2v) is 5.08. The maximum Gasteiger partial charge on any atom is 0.126 e. The van der Waals surface area contributed by atoms with Crippen LogP contribution in [-0.4, -0.2) is 18.1 Å². The van der Waals surface area contributed by atoms with E-state index in [4.69, 9.17) is 5.73 Å². The summed E-state index contributed by atoms with van der Waals surface area (Å²) < 4.78 is 1.05. The van der Waals surface area contributed by atoms with Crippen LogP contribution in [0.2, 0.25) is 0 Å². The minimum Gasteiger partial charge on any atom is -0.370 e. The molecule has 90 valence electrons. The lowest BCUT2D eigenvalue weighted by Gasteiger charge is -2.09. The van der Waals surface area contributed by atoms with Crippen LogP contribution >= 0.6 is 15.9 Å². The van der Waals surface area contributed by atoms with Gasteiger partial charge >= 0.3 is 0 Å². The molecule has 1 aromatic heterocycles. The molecule has 0 aliphatic heterocycles. The summed E-state index contributed by atoms with van der Waals surface area (Å²) in [7, 11) is 0. The number of hydrogen-bond acceptors (Lipinski definition) is 3. The van der Waals surface area contributed by atoms with Gasteiger partial charge in [0.2, 0.25) is 0 Å². The molecule has 0 saturated carbocycles. The van der Waals surface area contributed by atoms with Crippen molar-refractivity contribution in [2.24, 2.45) is 11.7 Å². The van der Waals surface area contributed by atoms with Crippen LogP contribution in [0.3, 0.4) is 0 Å². The molecule has 3 nitrogen and oxygen atoms in total. The van der Waals surface area contributed by atoms with Crippen molar-refractivity contribution in [1.29, 1.82) is 0 Å². The number of rotatable bonds is 6. The molecule has 16 heavy (non-hydrogen) atoms. The molecule has 3 N–H and O–H groups in total. The minimum atomic E-state index is 0.612. The summed E-state index contributed by atoms with van der Waals surface area (Å²) >= 11 is 3.44. The van der Waals surface area contributed by atoms with Crippen LogP contribution in [0.5, 0.6) is 0 Å². The lowest BCUT2D eigenvalue weighted by Crippen LogP contribution is -2.12. The van der Waals surface area contributed by atoms with Crippen LogP contribution in [0.15, 0.2) is 16.7 Å². The topological polar surface area (TPSA) is 50.9 Å². The van der Waals surface area contributed by atoms with Gasteiger partial charge in [-0.3, -0.25) is 0 Å². The van der Waals surface area contributed by atoms with Gasteiger partial charge in [-0.05, 0) is 59.8 Å². The number of nitrogens with zero attached hydrogens (tertiary/aromatic N) is 1. The highest BCUT2D eigenvalue weighted by Gasteiger charge is 2.00. The molecule has 1 atom stereocenters. The lowest BCUT2D eigenvalue weighted by atomic mass is 10.1. The third-order valence-electron chi connectivity index (χ3n) is 2.63. The van der Waals surface area contributed by atoms with E-state index in [-0.39, 0.29) is 0 Å². The summed E-state index contributed by atoms with van der Waals surface area (Å²) in [5.74, 6) is 1.56. The fraction of sp³-hybridized carbons (Fsp3) is 0.583. The first-order valence-corrected chi connectivity index (χ1v) is 6.49. The molecule has 0 radical (unpaired) electrons. The second kappa shape index (κ2) is 6.86. The average molecular weight is 286 g/mol. The summed E-state index contributed by atoms with van der Waals surface area (Å²) in [5, 5.41) is 3.32. The van der Waals surface area contributed by atoms with E-state index in [0.29, 0.717) is 5.92 Å². The van der Waals surface area contributed by atoms with Gasteiger partial charge in [-0.2, -0.15) is 0 Å². The first-order chi connectivity index (χ1) is 7.63. The molecule has 1 rings (SSSR count). The highest BCUT2D eigenvalue weighted by molar-refractivity contribution is 9.10. The molecule has 0 fully saturated rings. The number of hydrogen-bond donors (Lipinski definition) is 2. The van der Waals surface area contributed by atoms with E-state index in [1.807, 2.05) is 6.20 Å². The van der Waals surface area contributed by atoms with E-state index in [9.17, 15) is 0 Å². The molecule has 0 aromatic carbocycles. The zero-order valence-corrected chi connectivity index (χ0v) is 11.5. The van der Waals surface area contributed by atoms with E-state index in [1.165, 1.54) is 12.0 Å². The first-order valence-electron chi connectivity index (χ1n) is 5.69. The minimum absolute atomic E-state index is 0.612. The highest BCUT2D eigenvalue weighted by atomic mass is 79.9. The van der Waals surface area contributed by atoms with Gasteiger partial charge in [0.1, 0.15) is 5.82 Å². The van der Waals surface area contributed by atoms with Gasteiger partial charge in [-0.15, -0.1) is 0 Å². The molecule has 4 heteroatoms. The summed E-state index contributed by atoms with van der Waals surface area (Å²) in [6.07, 6.45) is 4.13. The highest BCUT2D eigenvalue weighted by Crippen LogP contribution is 2.17. The number of pyridine rings is 1. The number of aromatic nitrogens is 1. The molecule has 1 unspecified atom stereocenters. The Morgan fingerprint density at radius 3 is 2.94 bits per heavy atom. The van der Waals surface area contributed by atoms with Crippen molar-refractivity contribution in [3.8, 4) is 0 Å². The van der Waals surface area contributed by atoms with Gasteiger partial charge < -0.3 is 11.1 Å². The molecule has 0 spiro atoms. The Morgan fingerprint density at radius 2 is 2.31 bits per heavy atom. The number of nitrogens with one attached hydrogen (secondary N) is 1. The number of aryl methyl sites for hydroxylation is 1. The van der Waals surface area contributed by atoms with Crippen molar-refractivity contribution in [3.05, 3.63) is 22.3 Å². The van der Waals surface area contributed by atoms with Crippen molar-refractivity contribution in [3.63, 3.8) is 0 Å². The Morgan fingerprint density at radius 1 is 1.56 bits per heavy atom. The zero-order valence-electron chi connectivity index (χ0n) is 9.96. The Bertz CT molecular complexity index is 328. The van der Waals surface area contributed by atoms with Gasteiger partial charge in [0.25, 0.3) is 0 Å². The fourth-order valence-corrected chi connectivity index (χ4v) is 1.64. The quantitative estimate of drug-likeness (QED) is 0.790. The van der Waals surface area contributed by atoms with Crippen molar-refractivity contribution in [1.82, 2.24) is 4.98 Å². The van der Waals surface area contributed by atoms with Gasteiger partial charge in [0.15, 0.2) is 0 Å². The maximum absolute atomic E-state index is 5.56. The molecule has 1 aromatic rings. The van der Waals surface area contributed by atoms with Crippen LogP contribution in [0.1, 0.15) is 25.3 Å². The third-order valence-corrected chi connectivity index (χ3v) is 3.46. The Labute approximate surface area is 106 Å². The van der Waals surface area contributed by atoms with E-state index in [2.05, 4.69) is 46.1 Å². The SMILES string of the molecule is Cc1cc(NCCCC(C)CN)ncc1Br. The zero-order chi connectivity index (χ0) is 12.0. The number of nitrogens with two attached hydrogens (primary N) is 1. The van der Waals surface area contributed by atoms with Crippen molar-refractivity contribution < 1.29 is 0 Å². The largest absolute Gasteiger partial charge is 0.370 e. The van der Waals surface area contributed by atoms with Gasteiger partial charge in [-0.25, -0.2) is 4.98 Å².